The fourth-order valence-corrected chi connectivity index (χ4v) is 4.74. The number of likely N-dealkylation sites (tertiary alicyclic amines) is 1. The maximum atomic E-state index is 15.4. The maximum Gasteiger partial charge on any atom is 0.256 e. The lowest BCUT2D eigenvalue weighted by molar-refractivity contribution is 0.0746. The van der Waals surface area contributed by atoms with E-state index >= 15 is 4.39 Å². The number of aryl methyl sites for hydroxylation is 2. The number of nitrogens with zero attached hydrogens (tertiary/aromatic N) is 3. The van der Waals surface area contributed by atoms with Crippen LogP contribution in [-0.2, 0) is 0 Å². The Kier molecular flexibility index (Phi) is 5.27. The first kappa shape index (κ1) is 21.9. The van der Waals surface area contributed by atoms with Crippen LogP contribution in [-0.4, -0.2) is 46.0 Å². The third-order valence-electron chi connectivity index (χ3n) is 6.55. The Bertz CT molecular complexity index is 1450. The Morgan fingerprint density at radius 2 is 2.03 bits per heavy atom. The average molecular weight is 464 g/mol. The van der Waals surface area contributed by atoms with Gasteiger partial charge in [0.05, 0.1) is 17.3 Å². The predicted molar refractivity (Wildman–Crippen MR) is 124 cm³/mol. The molecule has 0 saturated carbocycles. The Morgan fingerprint density at radius 3 is 2.74 bits per heavy atom. The van der Waals surface area contributed by atoms with E-state index in [2.05, 4.69) is 10.4 Å². The fourth-order valence-electron chi connectivity index (χ4n) is 4.74. The number of carbonyl (C=O) groups is 2. The molecule has 0 bridgehead atoms. The van der Waals surface area contributed by atoms with Crippen molar-refractivity contribution in [1.29, 1.82) is 0 Å². The third kappa shape index (κ3) is 3.30. The van der Waals surface area contributed by atoms with Crippen LogP contribution in [0.2, 0.25) is 0 Å². The van der Waals surface area contributed by atoms with E-state index in [0.29, 0.717) is 33.5 Å². The summed E-state index contributed by atoms with van der Waals surface area (Å²) < 4.78 is 28.5. The summed E-state index contributed by atoms with van der Waals surface area (Å²) in [7, 11) is 1.51. The normalized spacial score (nSPS) is 15.9. The van der Waals surface area contributed by atoms with Gasteiger partial charge in [0.2, 0.25) is 5.82 Å². The minimum absolute atomic E-state index is 0.0423. The van der Waals surface area contributed by atoms with Gasteiger partial charge in [-0.3, -0.25) is 9.59 Å². The number of nitrogens with one attached hydrogen (secondary N) is 1. The lowest BCUT2D eigenvalue weighted by Gasteiger charge is -2.21. The monoisotopic (exact) mass is 464 g/mol. The van der Waals surface area contributed by atoms with Crippen molar-refractivity contribution in [2.75, 3.05) is 13.6 Å². The molecule has 1 aromatic carbocycles. The van der Waals surface area contributed by atoms with Crippen LogP contribution < -0.4 is 10.1 Å². The van der Waals surface area contributed by atoms with E-state index in [9.17, 15) is 9.59 Å². The molecule has 3 aromatic heterocycles. The molecule has 2 amide bonds. The van der Waals surface area contributed by atoms with Crippen molar-refractivity contribution in [3.8, 4) is 11.5 Å². The molecule has 1 aliphatic heterocycles. The minimum atomic E-state index is -0.711. The summed E-state index contributed by atoms with van der Waals surface area (Å²) in [5, 5.41) is 7.23. The van der Waals surface area contributed by atoms with E-state index in [1.54, 1.807) is 29.8 Å². The van der Waals surface area contributed by atoms with Crippen LogP contribution in [0.1, 0.15) is 51.8 Å². The van der Waals surface area contributed by atoms with Crippen molar-refractivity contribution >= 4 is 28.3 Å². The number of aromatic nitrogens is 2. The van der Waals surface area contributed by atoms with E-state index < -0.39 is 5.82 Å². The molecule has 9 heteroatoms. The van der Waals surface area contributed by atoms with Gasteiger partial charge >= 0.3 is 0 Å². The van der Waals surface area contributed by atoms with E-state index in [1.165, 1.54) is 19.3 Å². The second-order valence-electron chi connectivity index (χ2n) is 8.62. The molecule has 176 valence electrons. The van der Waals surface area contributed by atoms with Gasteiger partial charge in [-0.05, 0) is 51.3 Å². The van der Waals surface area contributed by atoms with Crippen LogP contribution in [0.5, 0.6) is 11.5 Å². The molecule has 1 atom stereocenters. The molecule has 1 aliphatic rings. The van der Waals surface area contributed by atoms with Gasteiger partial charge in [0, 0.05) is 37.3 Å². The molecule has 8 nitrogen and oxygen atoms in total. The topological polar surface area (TPSA) is 89.1 Å². The van der Waals surface area contributed by atoms with Crippen molar-refractivity contribution in [3.63, 3.8) is 0 Å². The second-order valence-corrected chi connectivity index (χ2v) is 8.62. The first-order valence-electron chi connectivity index (χ1n) is 11.2. The third-order valence-corrected chi connectivity index (χ3v) is 6.55. The van der Waals surface area contributed by atoms with Gasteiger partial charge in [0.15, 0.2) is 17.1 Å². The number of furan rings is 1. The summed E-state index contributed by atoms with van der Waals surface area (Å²) >= 11 is 0. The highest BCUT2D eigenvalue weighted by atomic mass is 19.1. The number of ether oxygens (including phenoxy) is 1. The van der Waals surface area contributed by atoms with Crippen LogP contribution in [0.15, 0.2) is 35.0 Å². The lowest BCUT2D eigenvalue weighted by atomic mass is 10.1. The highest BCUT2D eigenvalue weighted by Gasteiger charge is 2.29. The molecule has 0 aliphatic carbocycles. The largest absolute Gasteiger partial charge is 0.457 e. The molecular formula is C25H25FN4O4. The van der Waals surface area contributed by atoms with Gasteiger partial charge in [-0.2, -0.15) is 9.49 Å². The summed E-state index contributed by atoms with van der Waals surface area (Å²) in [5.41, 5.74) is 2.08. The molecule has 0 unspecified atom stereocenters. The SMILES string of the molecule is CNC(=O)c1c(C)oc2c(F)c(Oc3ccnn4cc(C(=O)N5CCC[C@H]5C)c(C)c34)ccc12. The number of rotatable bonds is 4. The molecule has 0 radical (unpaired) electrons. The highest BCUT2D eigenvalue weighted by Crippen LogP contribution is 2.37. The number of hydrogen-bond acceptors (Lipinski definition) is 5. The van der Waals surface area contributed by atoms with Crippen LogP contribution in [0.25, 0.3) is 16.5 Å². The van der Waals surface area contributed by atoms with Crippen molar-refractivity contribution < 1.29 is 23.1 Å². The van der Waals surface area contributed by atoms with Crippen molar-refractivity contribution in [1.82, 2.24) is 19.8 Å². The molecule has 0 spiro atoms. The van der Waals surface area contributed by atoms with Gasteiger partial charge < -0.3 is 19.4 Å². The molecular weight excluding hydrogens is 439 g/mol. The minimum Gasteiger partial charge on any atom is -0.457 e. The van der Waals surface area contributed by atoms with Crippen molar-refractivity contribution in [2.24, 2.45) is 0 Å². The zero-order valence-electron chi connectivity index (χ0n) is 19.4. The predicted octanol–water partition coefficient (Wildman–Crippen LogP) is 4.61. The first-order chi connectivity index (χ1) is 16.3. The van der Waals surface area contributed by atoms with Crippen LogP contribution in [0, 0.1) is 19.7 Å². The van der Waals surface area contributed by atoms with Gasteiger partial charge in [-0.15, -0.1) is 0 Å². The van der Waals surface area contributed by atoms with Gasteiger partial charge in [0.25, 0.3) is 11.8 Å². The quantitative estimate of drug-likeness (QED) is 0.476. The molecule has 4 aromatic rings. The van der Waals surface area contributed by atoms with E-state index in [1.807, 2.05) is 18.7 Å². The number of amides is 2. The molecule has 34 heavy (non-hydrogen) atoms. The summed E-state index contributed by atoms with van der Waals surface area (Å²) in [4.78, 5) is 27.2. The standard InChI is InChI=1S/C25H25FN4O4/c1-13-6-5-11-29(13)25(32)17-12-30-22(14(17)2)19(9-10-28-30)34-18-8-7-16-20(24(31)27-4)15(3)33-23(16)21(18)26/h7-10,12-13H,5-6,11H2,1-4H3,(H,27,31)/t13-/m1/s1. The number of fused-ring (bicyclic) bond motifs is 2. The molecule has 1 saturated heterocycles. The number of hydrogen-bond donors (Lipinski definition) is 1. The van der Waals surface area contributed by atoms with Crippen LogP contribution >= 0.6 is 0 Å². The van der Waals surface area contributed by atoms with E-state index in [0.717, 1.165) is 19.4 Å². The van der Waals surface area contributed by atoms with Crippen LogP contribution in [0.4, 0.5) is 4.39 Å². The molecule has 4 heterocycles. The number of carbonyl (C=O) groups excluding carboxylic acids is 2. The van der Waals surface area contributed by atoms with E-state index in [4.69, 9.17) is 9.15 Å². The zero-order chi connectivity index (χ0) is 24.1. The first-order valence-corrected chi connectivity index (χ1v) is 11.2. The smallest absolute Gasteiger partial charge is 0.256 e. The zero-order valence-corrected chi connectivity index (χ0v) is 19.4. The Labute approximate surface area is 195 Å². The summed E-state index contributed by atoms with van der Waals surface area (Å²) in [6, 6.07) is 4.88. The van der Waals surface area contributed by atoms with Gasteiger partial charge in [0.1, 0.15) is 11.3 Å². The average Bonchev–Trinajstić information content (AvgIpc) is 3.50. The Morgan fingerprint density at radius 1 is 1.24 bits per heavy atom. The number of halogens is 1. The van der Waals surface area contributed by atoms with Crippen molar-refractivity contribution in [2.45, 2.75) is 39.7 Å². The maximum absolute atomic E-state index is 15.4. The van der Waals surface area contributed by atoms with Crippen molar-refractivity contribution in [3.05, 3.63) is 58.9 Å². The van der Waals surface area contributed by atoms with E-state index in [-0.39, 0.29) is 34.8 Å². The summed E-state index contributed by atoms with van der Waals surface area (Å²) in [5.74, 6) is -0.489. The van der Waals surface area contributed by atoms with Gasteiger partial charge in [-0.1, -0.05) is 0 Å². The Hall–Kier alpha value is -3.88. The highest BCUT2D eigenvalue weighted by molar-refractivity contribution is 6.07. The second kappa shape index (κ2) is 8.16. The molecule has 1 fully saturated rings. The molecule has 5 rings (SSSR count). The summed E-state index contributed by atoms with van der Waals surface area (Å²) in [6.07, 6.45) is 5.20. The van der Waals surface area contributed by atoms with Gasteiger partial charge in [-0.25, -0.2) is 4.52 Å². The Balaban J connectivity index is 1.56. The lowest BCUT2D eigenvalue weighted by Crippen LogP contribution is -2.33. The fraction of sp³-hybridized carbons (Fsp3) is 0.320. The van der Waals surface area contributed by atoms with Crippen LogP contribution in [0.3, 0.4) is 0 Å². The molecule has 1 N–H and O–H groups in total. The summed E-state index contributed by atoms with van der Waals surface area (Å²) in [6.45, 7) is 6.23. The number of benzene rings is 1.